The number of hydrogen-bond acceptors (Lipinski definition) is 5. The summed E-state index contributed by atoms with van der Waals surface area (Å²) in [7, 11) is 0. The summed E-state index contributed by atoms with van der Waals surface area (Å²) in [6.07, 6.45) is 0. The van der Waals surface area contributed by atoms with Gasteiger partial charge in [-0.1, -0.05) is 23.7 Å². The first-order valence-electron chi connectivity index (χ1n) is 7.64. The van der Waals surface area contributed by atoms with Gasteiger partial charge in [0.15, 0.2) is 11.6 Å². The Labute approximate surface area is 149 Å². The molecule has 0 radical (unpaired) electrons. The van der Waals surface area contributed by atoms with Gasteiger partial charge in [0.2, 0.25) is 0 Å². The lowest BCUT2D eigenvalue weighted by Gasteiger charge is -2.18. The van der Waals surface area contributed by atoms with Crippen molar-refractivity contribution in [1.82, 2.24) is 19.1 Å². The van der Waals surface area contributed by atoms with E-state index < -0.39 is 5.54 Å². The van der Waals surface area contributed by atoms with Crippen LogP contribution in [-0.4, -0.2) is 24.8 Å². The summed E-state index contributed by atoms with van der Waals surface area (Å²) in [5, 5.41) is 9.32. The Morgan fingerprint density at radius 2 is 1.79 bits per heavy atom. The molecule has 122 valence electrons. The quantitative estimate of drug-likeness (QED) is 0.659. The maximum Gasteiger partial charge on any atom is 0.166 e. The van der Waals surface area contributed by atoms with Crippen LogP contribution in [0, 0.1) is 13.8 Å². The highest BCUT2D eigenvalue weighted by atomic mass is 35.5. The summed E-state index contributed by atoms with van der Waals surface area (Å²) >= 11 is 7.53. The van der Waals surface area contributed by atoms with Crippen molar-refractivity contribution in [3.63, 3.8) is 0 Å². The topological polar surface area (TPSA) is 56.0 Å². The lowest BCUT2D eigenvalue weighted by Crippen LogP contribution is -2.20. The van der Waals surface area contributed by atoms with Crippen LogP contribution in [0.3, 0.4) is 0 Å². The summed E-state index contributed by atoms with van der Waals surface area (Å²) in [4.78, 5) is 6.17. The van der Waals surface area contributed by atoms with E-state index in [1.54, 1.807) is 0 Å². The Morgan fingerprint density at radius 3 is 2.50 bits per heavy atom. The highest BCUT2D eigenvalue weighted by Crippen LogP contribution is 2.36. The third kappa shape index (κ3) is 2.21. The molecule has 0 saturated heterocycles. The van der Waals surface area contributed by atoms with Crippen LogP contribution < -0.4 is 0 Å². The molecule has 3 aromatic rings. The number of aliphatic imine (C=N–C) groups is 1. The minimum atomic E-state index is -0.513. The minimum Gasteiger partial charge on any atom is -0.270 e. The van der Waals surface area contributed by atoms with Crippen LogP contribution in [0.1, 0.15) is 41.5 Å². The number of benzene rings is 1. The van der Waals surface area contributed by atoms with Gasteiger partial charge in [0, 0.05) is 15.5 Å². The third-order valence-corrected chi connectivity index (χ3v) is 5.17. The van der Waals surface area contributed by atoms with E-state index in [9.17, 15) is 0 Å². The van der Waals surface area contributed by atoms with Crippen molar-refractivity contribution in [3.8, 4) is 5.82 Å². The van der Waals surface area contributed by atoms with Crippen LogP contribution in [0.15, 0.2) is 29.3 Å². The molecule has 24 heavy (non-hydrogen) atoms. The molecule has 3 heterocycles. The summed E-state index contributed by atoms with van der Waals surface area (Å²) in [6, 6.07) is 7.77. The van der Waals surface area contributed by atoms with Crippen LogP contribution in [0.4, 0.5) is 0 Å². The molecule has 2 aromatic heterocycles. The van der Waals surface area contributed by atoms with E-state index >= 15 is 0 Å². The van der Waals surface area contributed by atoms with E-state index in [4.69, 9.17) is 16.6 Å². The lowest BCUT2D eigenvalue weighted by atomic mass is 10.0. The van der Waals surface area contributed by atoms with Gasteiger partial charge < -0.3 is 0 Å². The van der Waals surface area contributed by atoms with Crippen LogP contribution in [0.25, 0.3) is 5.82 Å². The molecule has 0 atom stereocenters. The number of halogens is 1. The second-order valence-electron chi connectivity index (χ2n) is 6.37. The number of aromatic nitrogens is 4. The Kier molecular flexibility index (Phi) is 3.37. The number of aryl methyl sites for hydroxylation is 2. The molecule has 1 aromatic carbocycles. The van der Waals surface area contributed by atoms with Gasteiger partial charge in [0.25, 0.3) is 0 Å². The average molecular weight is 358 g/mol. The Bertz CT molecular complexity index is 966. The standard InChI is InChI=1S/C17H16ClN5S/c1-9-13-14(11-5-7-12(18)8-6-11)19-17(3,4)16-21-20-10(2)23(16)15(13)22-24-9/h5-8H,1-4H3. The van der Waals surface area contributed by atoms with Gasteiger partial charge in [-0.05, 0) is 51.4 Å². The molecule has 0 unspecified atom stereocenters. The van der Waals surface area contributed by atoms with Crippen molar-refractivity contribution in [2.45, 2.75) is 33.2 Å². The van der Waals surface area contributed by atoms with E-state index in [1.807, 2.05) is 49.6 Å². The monoisotopic (exact) mass is 357 g/mol. The highest BCUT2D eigenvalue weighted by molar-refractivity contribution is 7.06. The molecule has 0 aliphatic carbocycles. The van der Waals surface area contributed by atoms with Crippen LogP contribution >= 0.6 is 23.1 Å². The van der Waals surface area contributed by atoms with Gasteiger partial charge in [-0.25, -0.2) is 0 Å². The number of nitrogens with zero attached hydrogens (tertiary/aromatic N) is 5. The van der Waals surface area contributed by atoms with Crippen LogP contribution in [0.5, 0.6) is 0 Å². The highest BCUT2D eigenvalue weighted by Gasteiger charge is 2.35. The zero-order valence-corrected chi connectivity index (χ0v) is 15.4. The predicted octanol–water partition coefficient (Wildman–Crippen LogP) is 4.08. The van der Waals surface area contributed by atoms with Crippen molar-refractivity contribution in [2.75, 3.05) is 0 Å². The smallest absolute Gasteiger partial charge is 0.166 e. The summed E-state index contributed by atoms with van der Waals surface area (Å²) in [6.45, 7) is 8.11. The fraction of sp³-hybridized carbons (Fsp3) is 0.294. The SMILES string of the molecule is Cc1snc2c1C(c1ccc(Cl)cc1)=NC(C)(C)c1nnc(C)n1-2. The molecule has 1 aliphatic heterocycles. The maximum absolute atomic E-state index is 6.05. The maximum atomic E-state index is 6.05. The molecule has 0 fully saturated rings. The molecule has 0 saturated carbocycles. The number of fused-ring (bicyclic) bond motifs is 3. The largest absolute Gasteiger partial charge is 0.270 e. The van der Waals surface area contributed by atoms with Crippen LogP contribution in [0.2, 0.25) is 5.02 Å². The van der Waals surface area contributed by atoms with Gasteiger partial charge >= 0.3 is 0 Å². The fourth-order valence-electron chi connectivity index (χ4n) is 3.00. The predicted molar refractivity (Wildman–Crippen MR) is 96.6 cm³/mol. The zero-order chi connectivity index (χ0) is 17.1. The molecule has 5 nitrogen and oxygen atoms in total. The van der Waals surface area contributed by atoms with E-state index in [-0.39, 0.29) is 0 Å². The van der Waals surface area contributed by atoms with Crippen molar-refractivity contribution in [3.05, 3.63) is 56.9 Å². The number of rotatable bonds is 1. The van der Waals surface area contributed by atoms with Crippen molar-refractivity contribution in [1.29, 1.82) is 0 Å². The first-order valence-corrected chi connectivity index (χ1v) is 8.79. The van der Waals surface area contributed by atoms with Crippen molar-refractivity contribution in [2.24, 2.45) is 4.99 Å². The molecule has 7 heteroatoms. The Hall–Kier alpha value is -2.05. The van der Waals surface area contributed by atoms with Crippen molar-refractivity contribution < 1.29 is 0 Å². The van der Waals surface area contributed by atoms with Gasteiger partial charge in [-0.15, -0.1) is 10.2 Å². The zero-order valence-electron chi connectivity index (χ0n) is 13.8. The Morgan fingerprint density at radius 1 is 1.08 bits per heavy atom. The summed E-state index contributed by atoms with van der Waals surface area (Å²) in [5.74, 6) is 2.47. The van der Waals surface area contributed by atoms with E-state index in [2.05, 4.69) is 21.5 Å². The van der Waals surface area contributed by atoms with Gasteiger partial charge in [0.1, 0.15) is 11.4 Å². The first kappa shape index (κ1) is 15.5. The normalized spacial score (nSPS) is 15.5. The number of hydrogen-bond donors (Lipinski definition) is 0. The summed E-state index contributed by atoms with van der Waals surface area (Å²) < 4.78 is 6.69. The molecule has 4 rings (SSSR count). The third-order valence-electron chi connectivity index (χ3n) is 4.17. The van der Waals surface area contributed by atoms with E-state index in [0.717, 1.165) is 39.2 Å². The van der Waals surface area contributed by atoms with Crippen molar-refractivity contribution >= 4 is 28.8 Å². The van der Waals surface area contributed by atoms with E-state index in [1.165, 1.54) is 11.5 Å². The summed E-state index contributed by atoms with van der Waals surface area (Å²) in [5.41, 5.74) is 2.47. The van der Waals surface area contributed by atoms with Gasteiger partial charge in [-0.3, -0.25) is 9.56 Å². The van der Waals surface area contributed by atoms with Gasteiger partial charge in [-0.2, -0.15) is 4.37 Å². The molecular weight excluding hydrogens is 342 g/mol. The molecule has 0 N–H and O–H groups in total. The van der Waals surface area contributed by atoms with E-state index in [0.29, 0.717) is 5.02 Å². The molecular formula is C17H16ClN5S. The van der Waals surface area contributed by atoms with Gasteiger partial charge in [0.05, 0.1) is 11.3 Å². The molecule has 1 aliphatic rings. The second kappa shape index (κ2) is 5.22. The fourth-order valence-corrected chi connectivity index (χ4v) is 3.80. The Balaban J connectivity index is 2.06. The molecule has 0 bridgehead atoms. The minimum absolute atomic E-state index is 0.513. The molecule has 0 amide bonds. The molecule has 0 spiro atoms. The second-order valence-corrected chi connectivity index (χ2v) is 7.78. The first-order chi connectivity index (χ1) is 11.4. The average Bonchev–Trinajstić information content (AvgIpc) is 3.06. The van der Waals surface area contributed by atoms with Crippen LogP contribution in [-0.2, 0) is 5.54 Å². The lowest BCUT2D eigenvalue weighted by molar-refractivity contribution is 0.509.